The van der Waals surface area contributed by atoms with Crippen LogP contribution in [0.2, 0.25) is 0 Å². The number of rotatable bonds is 1. The molecule has 2 heterocycles. The van der Waals surface area contributed by atoms with E-state index in [0.717, 1.165) is 18.9 Å². The zero-order valence-corrected chi connectivity index (χ0v) is 11.5. The molecule has 0 bridgehead atoms. The predicted octanol–water partition coefficient (Wildman–Crippen LogP) is 0.561. The van der Waals surface area contributed by atoms with E-state index in [0.29, 0.717) is 15.7 Å². The first-order chi connectivity index (χ1) is 7.58. The molecule has 6 heteroatoms. The van der Waals surface area contributed by atoms with Crippen LogP contribution in [0.5, 0.6) is 0 Å². The molecule has 1 aromatic heterocycles. The van der Waals surface area contributed by atoms with E-state index in [9.17, 15) is 4.79 Å². The number of anilines is 1. The van der Waals surface area contributed by atoms with Gasteiger partial charge in [0.1, 0.15) is 9.39 Å². The topological polar surface area (TPSA) is 61.0 Å². The molecule has 0 saturated carbocycles. The quantitative estimate of drug-likeness (QED) is 0.737. The second kappa shape index (κ2) is 4.70. The van der Waals surface area contributed by atoms with Gasteiger partial charge in [-0.1, -0.05) is 0 Å². The smallest absolute Gasteiger partial charge is 0.266 e. The van der Waals surface area contributed by atoms with Gasteiger partial charge in [0.25, 0.3) is 5.56 Å². The van der Waals surface area contributed by atoms with Crippen LogP contribution in [-0.4, -0.2) is 35.1 Å². The molecule has 1 aromatic rings. The van der Waals surface area contributed by atoms with Crippen molar-refractivity contribution in [2.24, 2.45) is 0 Å². The lowest BCUT2D eigenvalue weighted by molar-refractivity contribution is 0.404. The normalized spacial score (nSPS) is 25.8. The third-order valence-corrected chi connectivity index (χ3v) is 3.61. The maximum absolute atomic E-state index is 11.5. The third kappa shape index (κ3) is 2.37. The Morgan fingerprint density at radius 1 is 1.44 bits per heavy atom. The van der Waals surface area contributed by atoms with Gasteiger partial charge in [-0.05, 0) is 36.4 Å². The molecule has 1 aliphatic heterocycles. The molecular formula is C10H15IN4O. The lowest BCUT2D eigenvalue weighted by atomic mass is 10.1. The van der Waals surface area contributed by atoms with Crippen LogP contribution in [0.3, 0.4) is 0 Å². The second-order valence-electron chi connectivity index (χ2n) is 4.24. The van der Waals surface area contributed by atoms with Gasteiger partial charge >= 0.3 is 0 Å². The highest BCUT2D eigenvalue weighted by molar-refractivity contribution is 14.1. The number of aromatic nitrogens is 2. The summed E-state index contributed by atoms with van der Waals surface area (Å²) >= 11 is 2.05. The third-order valence-electron chi connectivity index (χ3n) is 2.64. The molecular weight excluding hydrogens is 319 g/mol. The summed E-state index contributed by atoms with van der Waals surface area (Å²) in [5.74, 6) is 0.796. The van der Waals surface area contributed by atoms with Crippen molar-refractivity contribution < 1.29 is 0 Å². The van der Waals surface area contributed by atoms with E-state index in [1.165, 1.54) is 6.33 Å². The molecule has 2 N–H and O–H groups in total. The van der Waals surface area contributed by atoms with Crippen LogP contribution in [-0.2, 0) is 0 Å². The Kier molecular flexibility index (Phi) is 3.48. The first-order valence-electron chi connectivity index (χ1n) is 5.32. The molecule has 0 radical (unpaired) electrons. The average Bonchev–Trinajstić information content (AvgIpc) is 2.20. The van der Waals surface area contributed by atoms with Gasteiger partial charge in [0.05, 0.1) is 6.33 Å². The Morgan fingerprint density at radius 2 is 2.06 bits per heavy atom. The number of piperazine rings is 1. The SMILES string of the molecule is CC1CN(c2nc[nH]c(=O)c2I)CC(C)N1. The minimum Gasteiger partial charge on any atom is -0.352 e. The number of nitrogens with one attached hydrogen (secondary N) is 2. The Labute approximate surface area is 108 Å². The van der Waals surface area contributed by atoms with Crippen molar-refractivity contribution in [3.63, 3.8) is 0 Å². The van der Waals surface area contributed by atoms with Crippen molar-refractivity contribution in [2.45, 2.75) is 25.9 Å². The molecule has 2 atom stereocenters. The monoisotopic (exact) mass is 334 g/mol. The van der Waals surface area contributed by atoms with Gasteiger partial charge in [0.15, 0.2) is 0 Å². The van der Waals surface area contributed by atoms with Crippen molar-refractivity contribution in [2.75, 3.05) is 18.0 Å². The molecule has 2 unspecified atom stereocenters. The lowest BCUT2D eigenvalue weighted by Gasteiger charge is -2.37. The van der Waals surface area contributed by atoms with Gasteiger partial charge in [-0.15, -0.1) is 0 Å². The van der Waals surface area contributed by atoms with E-state index in [1.807, 2.05) is 0 Å². The van der Waals surface area contributed by atoms with E-state index in [1.54, 1.807) is 0 Å². The second-order valence-corrected chi connectivity index (χ2v) is 5.32. The van der Waals surface area contributed by atoms with Crippen LogP contribution < -0.4 is 15.8 Å². The molecule has 0 spiro atoms. The molecule has 1 saturated heterocycles. The number of H-pyrrole nitrogens is 1. The number of nitrogens with zero attached hydrogens (tertiary/aromatic N) is 2. The summed E-state index contributed by atoms with van der Waals surface area (Å²) in [5, 5.41) is 3.46. The van der Waals surface area contributed by atoms with Crippen LogP contribution in [0.15, 0.2) is 11.1 Å². The molecule has 0 aliphatic carbocycles. The summed E-state index contributed by atoms with van der Waals surface area (Å²) in [7, 11) is 0. The van der Waals surface area contributed by atoms with Gasteiger partial charge in [-0.2, -0.15) is 0 Å². The molecule has 0 aromatic carbocycles. The minimum absolute atomic E-state index is 0.0653. The van der Waals surface area contributed by atoms with E-state index >= 15 is 0 Å². The Morgan fingerprint density at radius 3 is 2.69 bits per heavy atom. The zero-order chi connectivity index (χ0) is 11.7. The number of halogens is 1. The molecule has 5 nitrogen and oxygen atoms in total. The highest BCUT2D eigenvalue weighted by Crippen LogP contribution is 2.18. The van der Waals surface area contributed by atoms with Crippen molar-refractivity contribution >= 4 is 28.4 Å². The summed E-state index contributed by atoms with van der Waals surface area (Å²) in [4.78, 5) is 20.5. The van der Waals surface area contributed by atoms with E-state index in [4.69, 9.17) is 0 Å². The van der Waals surface area contributed by atoms with Gasteiger partial charge in [0, 0.05) is 25.2 Å². The molecule has 0 amide bonds. The summed E-state index contributed by atoms with van der Waals surface area (Å²) in [6.45, 7) is 6.05. The molecule has 2 rings (SSSR count). The standard InChI is InChI=1S/C10H15IN4O/c1-6-3-15(4-7(2)14-6)9-8(11)10(16)13-5-12-9/h5-7,14H,3-4H2,1-2H3,(H,12,13,16). The van der Waals surface area contributed by atoms with Gasteiger partial charge in [0.2, 0.25) is 0 Å². The molecule has 16 heavy (non-hydrogen) atoms. The Balaban J connectivity index is 2.30. The summed E-state index contributed by atoms with van der Waals surface area (Å²) < 4.78 is 0.668. The van der Waals surface area contributed by atoms with Crippen LogP contribution in [0, 0.1) is 3.57 Å². The number of hydrogen-bond acceptors (Lipinski definition) is 4. The van der Waals surface area contributed by atoms with E-state index in [-0.39, 0.29) is 5.56 Å². The van der Waals surface area contributed by atoms with Crippen LogP contribution in [0.1, 0.15) is 13.8 Å². The van der Waals surface area contributed by atoms with Gasteiger partial charge in [-0.3, -0.25) is 4.79 Å². The van der Waals surface area contributed by atoms with Crippen molar-refractivity contribution in [1.29, 1.82) is 0 Å². The Bertz CT molecular complexity index is 423. The van der Waals surface area contributed by atoms with E-state index < -0.39 is 0 Å². The summed E-state index contributed by atoms with van der Waals surface area (Å²) in [5.41, 5.74) is -0.0653. The Hall–Kier alpha value is -0.630. The van der Waals surface area contributed by atoms with Crippen LogP contribution in [0.25, 0.3) is 0 Å². The maximum Gasteiger partial charge on any atom is 0.266 e. The first-order valence-corrected chi connectivity index (χ1v) is 6.40. The predicted molar refractivity (Wildman–Crippen MR) is 71.8 cm³/mol. The average molecular weight is 334 g/mol. The minimum atomic E-state index is -0.0653. The van der Waals surface area contributed by atoms with Gasteiger partial charge < -0.3 is 15.2 Å². The molecule has 1 fully saturated rings. The lowest BCUT2D eigenvalue weighted by Crippen LogP contribution is -2.55. The van der Waals surface area contributed by atoms with E-state index in [2.05, 4.69) is 56.6 Å². The zero-order valence-electron chi connectivity index (χ0n) is 9.33. The maximum atomic E-state index is 11.5. The number of hydrogen-bond donors (Lipinski definition) is 2. The molecule has 1 aliphatic rings. The van der Waals surface area contributed by atoms with Crippen LogP contribution >= 0.6 is 22.6 Å². The van der Waals surface area contributed by atoms with Crippen molar-refractivity contribution in [3.05, 3.63) is 20.3 Å². The fourth-order valence-corrected chi connectivity index (χ4v) is 2.73. The van der Waals surface area contributed by atoms with Crippen LogP contribution in [0.4, 0.5) is 5.82 Å². The first kappa shape index (κ1) is 11.8. The highest BCUT2D eigenvalue weighted by Gasteiger charge is 2.23. The van der Waals surface area contributed by atoms with Crippen molar-refractivity contribution in [1.82, 2.24) is 15.3 Å². The van der Waals surface area contributed by atoms with Gasteiger partial charge in [-0.25, -0.2) is 4.98 Å². The fourth-order valence-electron chi connectivity index (χ4n) is 2.09. The largest absolute Gasteiger partial charge is 0.352 e. The number of aromatic amines is 1. The highest BCUT2D eigenvalue weighted by atomic mass is 127. The summed E-state index contributed by atoms with van der Waals surface area (Å²) in [6, 6.07) is 0.835. The van der Waals surface area contributed by atoms with Crippen molar-refractivity contribution in [3.8, 4) is 0 Å². The fraction of sp³-hybridized carbons (Fsp3) is 0.600. The summed E-state index contributed by atoms with van der Waals surface area (Å²) in [6.07, 6.45) is 1.47. The molecule has 88 valence electrons.